The highest BCUT2D eigenvalue weighted by molar-refractivity contribution is 14.1. The number of amides is 1. The number of morpholine rings is 1. The standard InChI is InChI=1S/C11H13IN2O2/c12-8-3-1-2-4-9(8)14-11(15)10-7-13-5-6-16-10/h1-4,10,13H,5-7H2,(H,14,15). The molecule has 4 nitrogen and oxygen atoms in total. The van der Waals surface area contributed by atoms with Gasteiger partial charge in [-0.1, -0.05) is 12.1 Å². The predicted octanol–water partition coefficient (Wildman–Crippen LogP) is 1.22. The van der Waals surface area contributed by atoms with Crippen LogP contribution in [0.1, 0.15) is 0 Å². The molecule has 0 spiro atoms. The lowest BCUT2D eigenvalue weighted by molar-refractivity contribution is -0.128. The van der Waals surface area contributed by atoms with Crippen LogP contribution in [0.2, 0.25) is 0 Å². The first-order valence-electron chi connectivity index (χ1n) is 5.15. The largest absolute Gasteiger partial charge is 0.366 e. The maximum absolute atomic E-state index is 11.8. The van der Waals surface area contributed by atoms with Crippen LogP contribution in [-0.4, -0.2) is 31.7 Å². The van der Waals surface area contributed by atoms with Crippen LogP contribution in [-0.2, 0) is 9.53 Å². The quantitative estimate of drug-likeness (QED) is 0.801. The monoisotopic (exact) mass is 332 g/mol. The minimum absolute atomic E-state index is 0.0867. The maximum atomic E-state index is 11.8. The second-order valence-corrected chi connectivity index (χ2v) is 4.69. The molecule has 1 heterocycles. The molecule has 16 heavy (non-hydrogen) atoms. The molecule has 1 aliphatic rings. The average molecular weight is 332 g/mol. The first-order valence-corrected chi connectivity index (χ1v) is 6.23. The molecule has 1 fully saturated rings. The number of ether oxygens (including phenoxy) is 1. The smallest absolute Gasteiger partial charge is 0.254 e. The van der Waals surface area contributed by atoms with Gasteiger partial charge in [0.2, 0.25) is 0 Å². The molecule has 0 aliphatic carbocycles. The topological polar surface area (TPSA) is 50.4 Å². The number of nitrogens with one attached hydrogen (secondary N) is 2. The van der Waals surface area contributed by atoms with Crippen molar-refractivity contribution in [2.45, 2.75) is 6.10 Å². The molecular formula is C11H13IN2O2. The molecule has 1 amide bonds. The molecule has 1 saturated heterocycles. The molecule has 0 radical (unpaired) electrons. The van der Waals surface area contributed by atoms with Crippen molar-refractivity contribution in [2.75, 3.05) is 25.0 Å². The van der Waals surface area contributed by atoms with Crippen molar-refractivity contribution in [2.24, 2.45) is 0 Å². The zero-order valence-corrected chi connectivity index (χ0v) is 10.9. The van der Waals surface area contributed by atoms with Crippen LogP contribution in [0.3, 0.4) is 0 Å². The number of hydrogen-bond acceptors (Lipinski definition) is 3. The summed E-state index contributed by atoms with van der Waals surface area (Å²) in [5, 5.41) is 6.00. The summed E-state index contributed by atoms with van der Waals surface area (Å²) in [4.78, 5) is 11.8. The van der Waals surface area contributed by atoms with Gasteiger partial charge < -0.3 is 15.4 Å². The third-order valence-electron chi connectivity index (χ3n) is 2.35. The van der Waals surface area contributed by atoms with Crippen LogP contribution in [0, 0.1) is 3.57 Å². The van der Waals surface area contributed by atoms with Gasteiger partial charge in [0.25, 0.3) is 5.91 Å². The van der Waals surface area contributed by atoms with Crippen LogP contribution < -0.4 is 10.6 Å². The van der Waals surface area contributed by atoms with E-state index >= 15 is 0 Å². The van der Waals surface area contributed by atoms with Crippen molar-refractivity contribution in [1.82, 2.24) is 5.32 Å². The molecule has 0 bridgehead atoms. The molecule has 2 rings (SSSR count). The normalized spacial score (nSPS) is 20.4. The Kier molecular flexibility index (Phi) is 4.14. The van der Waals surface area contributed by atoms with E-state index < -0.39 is 0 Å². The van der Waals surface area contributed by atoms with Crippen LogP contribution in [0.4, 0.5) is 5.69 Å². The number of benzene rings is 1. The van der Waals surface area contributed by atoms with Gasteiger partial charge in [0.1, 0.15) is 6.10 Å². The lowest BCUT2D eigenvalue weighted by atomic mass is 10.2. The van der Waals surface area contributed by atoms with E-state index in [4.69, 9.17) is 4.74 Å². The number of anilines is 1. The Balaban J connectivity index is 1.99. The lowest BCUT2D eigenvalue weighted by Crippen LogP contribution is -2.45. The summed E-state index contributed by atoms with van der Waals surface area (Å²) in [5.41, 5.74) is 0.835. The highest BCUT2D eigenvalue weighted by Crippen LogP contribution is 2.17. The highest BCUT2D eigenvalue weighted by atomic mass is 127. The first-order chi connectivity index (χ1) is 7.77. The van der Waals surface area contributed by atoms with E-state index in [0.717, 1.165) is 15.8 Å². The Bertz CT molecular complexity index is 378. The van der Waals surface area contributed by atoms with Gasteiger partial charge in [-0.25, -0.2) is 0 Å². The predicted molar refractivity (Wildman–Crippen MR) is 70.4 cm³/mol. The molecular weight excluding hydrogens is 319 g/mol. The Morgan fingerprint density at radius 3 is 3.00 bits per heavy atom. The number of rotatable bonds is 2. The first kappa shape index (κ1) is 11.8. The zero-order chi connectivity index (χ0) is 11.4. The number of carbonyl (C=O) groups excluding carboxylic acids is 1. The van der Waals surface area contributed by atoms with Crippen molar-refractivity contribution >= 4 is 34.2 Å². The van der Waals surface area contributed by atoms with E-state index in [9.17, 15) is 4.79 Å². The number of carbonyl (C=O) groups is 1. The lowest BCUT2D eigenvalue weighted by Gasteiger charge is -2.22. The van der Waals surface area contributed by atoms with Crippen molar-refractivity contribution in [3.8, 4) is 0 Å². The summed E-state index contributed by atoms with van der Waals surface area (Å²) in [6.45, 7) is 1.98. The number of halogens is 1. The second kappa shape index (κ2) is 5.60. The van der Waals surface area contributed by atoms with E-state index in [-0.39, 0.29) is 12.0 Å². The van der Waals surface area contributed by atoms with Gasteiger partial charge in [0.15, 0.2) is 0 Å². The molecule has 1 atom stereocenters. The van der Waals surface area contributed by atoms with Crippen molar-refractivity contribution in [1.29, 1.82) is 0 Å². The maximum Gasteiger partial charge on any atom is 0.254 e. The van der Waals surface area contributed by atoms with E-state index in [2.05, 4.69) is 33.2 Å². The molecule has 5 heteroatoms. The van der Waals surface area contributed by atoms with Crippen LogP contribution in [0.25, 0.3) is 0 Å². The van der Waals surface area contributed by atoms with Crippen LogP contribution in [0.5, 0.6) is 0 Å². The molecule has 0 saturated carbocycles. The Morgan fingerprint density at radius 2 is 2.31 bits per heavy atom. The van der Waals surface area contributed by atoms with E-state index in [1.54, 1.807) is 0 Å². The Labute approximate surface area is 108 Å². The fourth-order valence-electron chi connectivity index (χ4n) is 1.51. The van der Waals surface area contributed by atoms with Gasteiger partial charge in [0.05, 0.1) is 12.3 Å². The van der Waals surface area contributed by atoms with Gasteiger partial charge in [-0.3, -0.25) is 4.79 Å². The van der Waals surface area contributed by atoms with Crippen LogP contribution in [0.15, 0.2) is 24.3 Å². The number of hydrogen-bond donors (Lipinski definition) is 2. The van der Waals surface area contributed by atoms with Gasteiger partial charge in [-0.05, 0) is 34.7 Å². The van der Waals surface area contributed by atoms with E-state index in [1.807, 2.05) is 24.3 Å². The minimum Gasteiger partial charge on any atom is -0.366 e. The van der Waals surface area contributed by atoms with E-state index in [1.165, 1.54) is 0 Å². The average Bonchev–Trinajstić information content (AvgIpc) is 2.33. The van der Waals surface area contributed by atoms with Gasteiger partial charge in [0, 0.05) is 16.7 Å². The molecule has 0 aromatic heterocycles. The molecule has 1 aliphatic heterocycles. The van der Waals surface area contributed by atoms with Crippen molar-refractivity contribution in [3.63, 3.8) is 0 Å². The molecule has 1 aromatic carbocycles. The third-order valence-corrected chi connectivity index (χ3v) is 3.29. The van der Waals surface area contributed by atoms with Gasteiger partial charge in [-0.2, -0.15) is 0 Å². The molecule has 1 unspecified atom stereocenters. The Hall–Kier alpha value is -0.660. The Morgan fingerprint density at radius 1 is 1.50 bits per heavy atom. The fraction of sp³-hybridized carbons (Fsp3) is 0.364. The molecule has 86 valence electrons. The summed E-state index contributed by atoms with van der Waals surface area (Å²) >= 11 is 2.19. The zero-order valence-electron chi connectivity index (χ0n) is 8.70. The molecule has 2 N–H and O–H groups in total. The SMILES string of the molecule is O=C(Nc1ccccc1I)C1CNCCO1. The fourth-order valence-corrected chi connectivity index (χ4v) is 2.03. The summed E-state index contributed by atoms with van der Waals surface area (Å²) in [7, 11) is 0. The summed E-state index contributed by atoms with van der Waals surface area (Å²) < 4.78 is 6.40. The third kappa shape index (κ3) is 2.93. The summed E-state index contributed by atoms with van der Waals surface area (Å²) in [6.07, 6.45) is -0.384. The summed E-state index contributed by atoms with van der Waals surface area (Å²) in [5.74, 6) is -0.0867. The molecule has 1 aromatic rings. The minimum atomic E-state index is -0.384. The second-order valence-electron chi connectivity index (χ2n) is 3.53. The highest BCUT2D eigenvalue weighted by Gasteiger charge is 2.21. The van der Waals surface area contributed by atoms with Crippen molar-refractivity contribution < 1.29 is 9.53 Å². The number of para-hydroxylation sites is 1. The van der Waals surface area contributed by atoms with Crippen molar-refractivity contribution in [3.05, 3.63) is 27.8 Å². The van der Waals surface area contributed by atoms with Gasteiger partial charge in [-0.15, -0.1) is 0 Å². The van der Waals surface area contributed by atoms with E-state index in [0.29, 0.717) is 13.2 Å². The van der Waals surface area contributed by atoms with Gasteiger partial charge >= 0.3 is 0 Å². The summed E-state index contributed by atoms with van der Waals surface area (Å²) in [6, 6.07) is 7.68. The van der Waals surface area contributed by atoms with Crippen LogP contribution >= 0.6 is 22.6 Å².